The van der Waals surface area contributed by atoms with Gasteiger partial charge in [0.25, 0.3) is 0 Å². The van der Waals surface area contributed by atoms with Gasteiger partial charge < -0.3 is 9.32 Å². The van der Waals surface area contributed by atoms with Crippen LogP contribution in [-0.4, -0.2) is 0 Å². The van der Waals surface area contributed by atoms with Crippen LogP contribution in [0.25, 0.3) is 76.9 Å². The number of furan rings is 1. The summed E-state index contributed by atoms with van der Waals surface area (Å²) in [5.41, 5.74) is 14.9. The molecule has 55 heavy (non-hydrogen) atoms. The number of hydrogen-bond donors (Lipinski definition) is 0. The summed E-state index contributed by atoms with van der Waals surface area (Å²) in [5.74, 6) is 0. The lowest BCUT2D eigenvalue weighted by Gasteiger charge is -2.29. The average Bonchev–Trinajstić information content (AvgIpc) is 3.74. The van der Waals surface area contributed by atoms with Crippen LogP contribution in [0.5, 0.6) is 0 Å². The summed E-state index contributed by atoms with van der Waals surface area (Å²) in [4.78, 5) is 2.43. The molecule has 0 saturated heterocycles. The summed E-state index contributed by atoms with van der Waals surface area (Å²) in [7, 11) is 0. The van der Waals surface area contributed by atoms with Crippen molar-refractivity contribution in [2.24, 2.45) is 0 Å². The Bertz CT molecular complexity index is 3100. The van der Waals surface area contributed by atoms with E-state index < -0.39 is 0 Å². The number of rotatable bonds is 5. The number of fused-ring (bicyclic) bond motifs is 11. The Morgan fingerprint density at radius 2 is 0.927 bits per heavy atom. The smallest absolute Gasteiger partial charge is 0.143 e. The van der Waals surface area contributed by atoms with Crippen molar-refractivity contribution >= 4 is 60.5 Å². The third-order valence-corrected chi connectivity index (χ3v) is 11.8. The molecule has 0 radical (unpaired) electrons. The average molecular weight is 704 g/mol. The van der Waals surface area contributed by atoms with Gasteiger partial charge in [-0.2, -0.15) is 0 Å². The van der Waals surface area contributed by atoms with Gasteiger partial charge in [-0.25, -0.2) is 0 Å². The summed E-state index contributed by atoms with van der Waals surface area (Å²) in [6, 6.07) is 68.3. The molecule has 0 amide bonds. The maximum Gasteiger partial charge on any atom is 0.143 e. The summed E-state index contributed by atoms with van der Waals surface area (Å²) in [6.45, 7) is 4.71. The molecule has 1 aliphatic carbocycles. The zero-order valence-corrected chi connectivity index (χ0v) is 30.8. The van der Waals surface area contributed by atoms with Crippen molar-refractivity contribution in [2.75, 3.05) is 4.90 Å². The van der Waals surface area contributed by atoms with E-state index in [-0.39, 0.29) is 5.41 Å². The molecule has 10 aromatic rings. The molecule has 0 bridgehead atoms. The lowest BCUT2D eigenvalue weighted by molar-refractivity contribution is 0.660. The highest BCUT2D eigenvalue weighted by molar-refractivity contribution is 6.31. The lowest BCUT2D eigenvalue weighted by Crippen LogP contribution is -2.16. The molecule has 11 rings (SSSR count). The maximum absolute atomic E-state index is 7.08. The minimum absolute atomic E-state index is 0.134. The van der Waals surface area contributed by atoms with Crippen LogP contribution in [0, 0.1) is 0 Å². The number of anilines is 3. The first-order valence-corrected chi connectivity index (χ1v) is 19.1. The summed E-state index contributed by atoms with van der Waals surface area (Å²) in [5, 5.41) is 7.01. The summed E-state index contributed by atoms with van der Waals surface area (Å²) in [6.07, 6.45) is 0. The van der Waals surface area contributed by atoms with Crippen LogP contribution >= 0.6 is 0 Å². The molecule has 1 aromatic heterocycles. The van der Waals surface area contributed by atoms with Crippen LogP contribution in [0.1, 0.15) is 25.0 Å². The van der Waals surface area contributed by atoms with Gasteiger partial charge in [-0.15, -0.1) is 0 Å². The zero-order chi connectivity index (χ0) is 36.7. The predicted molar refractivity (Wildman–Crippen MR) is 232 cm³/mol. The number of hydrogen-bond acceptors (Lipinski definition) is 2. The van der Waals surface area contributed by atoms with Gasteiger partial charge in [0.15, 0.2) is 0 Å². The third kappa shape index (κ3) is 4.81. The van der Waals surface area contributed by atoms with E-state index in [0.29, 0.717) is 0 Å². The molecule has 0 N–H and O–H groups in total. The van der Waals surface area contributed by atoms with Gasteiger partial charge >= 0.3 is 0 Å². The second-order valence-corrected chi connectivity index (χ2v) is 15.3. The molecule has 1 heterocycles. The van der Waals surface area contributed by atoms with Gasteiger partial charge in [-0.05, 0) is 91.5 Å². The van der Waals surface area contributed by atoms with Crippen molar-refractivity contribution < 1.29 is 4.42 Å². The van der Waals surface area contributed by atoms with E-state index in [1.807, 2.05) is 0 Å². The van der Waals surface area contributed by atoms with Gasteiger partial charge in [-0.1, -0.05) is 166 Å². The normalized spacial score (nSPS) is 13.1. The minimum Gasteiger partial charge on any atom is -0.455 e. The van der Waals surface area contributed by atoms with E-state index in [0.717, 1.165) is 55.5 Å². The van der Waals surface area contributed by atoms with Crippen LogP contribution in [0.4, 0.5) is 17.1 Å². The summed E-state index contributed by atoms with van der Waals surface area (Å²) < 4.78 is 7.08. The first-order chi connectivity index (χ1) is 27.0. The molecule has 0 atom stereocenters. The molecule has 0 aliphatic heterocycles. The van der Waals surface area contributed by atoms with Crippen LogP contribution in [0.2, 0.25) is 0 Å². The first-order valence-electron chi connectivity index (χ1n) is 19.1. The molecule has 1 aliphatic rings. The minimum atomic E-state index is -0.134. The van der Waals surface area contributed by atoms with Crippen LogP contribution in [-0.2, 0) is 5.41 Å². The molecular formula is C53H37NO. The van der Waals surface area contributed by atoms with Crippen molar-refractivity contribution in [2.45, 2.75) is 19.3 Å². The Labute approximate surface area is 320 Å². The Hall–Kier alpha value is -6.90. The topological polar surface area (TPSA) is 16.4 Å². The van der Waals surface area contributed by atoms with Crippen LogP contribution < -0.4 is 4.90 Å². The highest BCUT2D eigenvalue weighted by Gasteiger charge is 2.36. The fraction of sp³-hybridized carbons (Fsp3) is 0.0566. The second kappa shape index (κ2) is 12.1. The summed E-state index contributed by atoms with van der Waals surface area (Å²) >= 11 is 0. The standard InChI is InChI=1S/C53H37NO/c1-53(2)48-24-14-13-21-42(48)43-30-29-38(33-49(43)53)54(37-27-25-35(26-28-37)34-15-5-3-6-16-34)39-31-46(36-17-7-4-8-18-36)51-47(32-39)50-44-22-11-9-19-40(44)41-20-10-12-23-45(41)52(50)55-51/h3-33H,1-2H3. The zero-order valence-electron chi connectivity index (χ0n) is 30.8. The lowest BCUT2D eigenvalue weighted by atomic mass is 9.82. The predicted octanol–water partition coefficient (Wildman–Crippen LogP) is 15.0. The largest absolute Gasteiger partial charge is 0.455 e. The Morgan fingerprint density at radius 1 is 0.364 bits per heavy atom. The Balaban J connectivity index is 1.22. The van der Waals surface area contributed by atoms with Crippen molar-refractivity contribution in [3.63, 3.8) is 0 Å². The second-order valence-electron chi connectivity index (χ2n) is 15.3. The van der Waals surface area contributed by atoms with Gasteiger partial charge in [0.1, 0.15) is 11.2 Å². The fourth-order valence-corrected chi connectivity index (χ4v) is 9.17. The van der Waals surface area contributed by atoms with E-state index >= 15 is 0 Å². The first kappa shape index (κ1) is 31.6. The molecule has 0 saturated carbocycles. The Kier molecular flexibility index (Phi) is 6.93. The molecule has 0 spiro atoms. The SMILES string of the molecule is CC1(C)c2ccccc2-c2ccc(N(c3ccc(-c4ccccc4)cc3)c3cc(-c4ccccc4)c4oc5c6ccccc6c6ccccc6c5c4c3)cc21. The highest BCUT2D eigenvalue weighted by Crippen LogP contribution is 2.52. The molecule has 0 unspecified atom stereocenters. The van der Waals surface area contributed by atoms with E-state index in [2.05, 4.69) is 207 Å². The van der Waals surface area contributed by atoms with Crippen LogP contribution in [0.3, 0.4) is 0 Å². The van der Waals surface area contributed by atoms with Crippen LogP contribution in [0.15, 0.2) is 192 Å². The molecule has 9 aromatic carbocycles. The molecule has 260 valence electrons. The van der Waals surface area contributed by atoms with E-state index in [1.165, 1.54) is 49.5 Å². The van der Waals surface area contributed by atoms with E-state index in [4.69, 9.17) is 4.42 Å². The maximum atomic E-state index is 7.08. The molecule has 0 fully saturated rings. The van der Waals surface area contributed by atoms with Gasteiger partial charge in [0.2, 0.25) is 0 Å². The quantitative estimate of drug-likeness (QED) is 0.166. The molecule has 2 heteroatoms. The van der Waals surface area contributed by atoms with Crippen molar-refractivity contribution in [1.82, 2.24) is 0 Å². The molecule has 2 nitrogen and oxygen atoms in total. The van der Waals surface area contributed by atoms with Crippen molar-refractivity contribution in [3.8, 4) is 33.4 Å². The highest BCUT2D eigenvalue weighted by atomic mass is 16.3. The molecular weight excluding hydrogens is 667 g/mol. The Morgan fingerprint density at radius 3 is 1.67 bits per heavy atom. The fourth-order valence-electron chi connectivity index (χ4n) is 9.17. The van der Waals surface area contributed by atoms with Crippen molar-refractivity contribution in [3.05, 3.63) is 199 Å². The number of benzene rings is 9. The third-order valence-electron chi connectivity index (χ3n) is 11.8. The van der Waals surface area contributed by atoms with Crippen molar-refractivity contribution in [1.29, 1.82) is 0 Å². The van der Waals surface area contributed by atoms with Gasteiger partial charge in [-0.3, -0.25) is 0 Å². The monoisotopic (exact) mass is 703 g/mol. The van der Waals surface area contributed by atoms with Gasteiger partial charge in [0, 0.05) is 44.2 Å². The van der Waals surface area contributed by atoms with Gasteiger partial charge in [0.05, 0.1) is 0 Å². The van der Waals surface area contributed by atoms with E-state index in [9.17, 15) is 0 Å². The van der Waals surface area contributed by atoms with E-state index in [1.54, 1.807) is 0 Å². The number of nitrogens with zero attached hydrogens (tertiary/aromatic N) is 1.